The van der Waals surface area contributed by atoms with Crippen LogP contribution in [0.3, 0.4) is 0 Å². The Kier molecular flexibility index (Phi) is 4.02. The molecule has 0 radical (unpaired) electrons. The summed E-state index contributed by atoms with van der Waals surface area (Å²) in [4.78, 5) is 18.0. The highest BCUT2D eigenvalue weighted by Crippen LogP contribution is 2.22. The maximum Gasteiger partial charge on any atom is 0.351 e. The van der Waals surface area contributed by atoms with Gasteiger partial charge >= 0.3 is 5.69 Å². The highest BCUT2D eigenvalue weighted by atomic mass is 16.2. The van der Waals surface area contributed by atoms with Crippen LogP contribution in [0.4, 0.5) is 0 Å². The predicted molar refractivity (Wildman–Crippen MR) is 115 cm³/mol. The number of benzene rings is 3. The summed E-state index contributed by atoms with van der Waals surface area (Å²) in [5.41, 5.74) is 5.58. The molecule has 5 nitrogen and oxygen atoms in total. The molecule has 0 saturated heterocycles. The molecule has 0 aliphatic heterocycles. The van der Waals surface area contributed by atoms with E-state index in [0.29, 0.717) is 18.0 Å². The van der Waals surface area contributed by atoms with Crippen molar-refractivity contribution in [2.24, 2.45) is 0 Å². The summed E-state index contributed by atoms with van der Waals surface area (Å²) in [5, 5.41) is 5.46. The normalized spacial score (nSPS) is 11.4. The lowest BCUT2D eigenvalue weighted by Gasteiger charge is -2.11. The van der Waals surface area contributed by atoms with E-state index in [1.807, 2.05) is 55.5 Å². The van der Waals surface area contributed by atoms with E-state index in [9.17, 15) is 4.79 Å². The van der Waals surface area contributed by atoms with Crippen LogP contribution in [0.1, 0.15) is 16.7 Å². The maximum atomic E-state index is 13.3. The molecule has 0 aliphatic rings. The number of hydrogen-bond acceptors (Lipinski definition) is 3. The van der Waals surface area contributed by atoms with Gasteiger partial charge in [-0.1, -0.05) is 71.8 Å². The van der Waals surface area contributed by atoms with Crippen LogP contribution in [0, 0.1) is 13.8 Å². The second-order valence-electron chi connectivity index (χ2n) is 7.41. The number of aromatic nitrogens is 4. The molecule has 0 bridgehead atoms. The van der Waals surface area contributed by atoms with Crippen LogP contribution in [0.25, 0.3) is 27.9 Å². The lowest BCUT2D eigenvalue weighted by molar-refractivity contribution is 0.716. The Morgan fingerprint density at radius 3 is 2.21 bits per heavy atom. The third-order valence-corrected chi connectivity index (χ3v) is 5.23. The van der Waals surface area contributed by atoms with Crippen molar-refractivity contribution in [3.63, 3.8) is 0 Å². The lowest BCUT2D eigenvalue weighted by atomic mass is 10.1. The molecule has 0 saturated carbocycles. The standard InChI is InChI=1S/C24H20N4O/c1-16-7-11-18(12-8-16)15-27-21-6-4-3-5-20(21)23-25-22(26-28(23)24(27)29)19-13-9-17(2)10-14-19/h3-14H,15H2,1-2H3. The molecule has 0 atom stereocenters. The fourth-order valence-electron chi connectivity index (χ4n) is 3.59. The first-order valence-corrected chi connectivity index (χ1v) is 9.61. The van der Waals surface area contributed by atoms with Crippen LogP contribution < -0.4 is 5.69 Å². The highest BCUT2D eigenvalue weighted by molar-refractivity contribution is 5.91. The summed E-state index contributed by atoms with van der Waals surface area (Å²) in [6.45, 7) is 4.58. The van der Waals surface area contributed by atoms with Gasteiger partial charge < -0.3 is 0 Å². The predicted octanol–water partition coefficient (Wildman–Crippen LogP) is 4.38. The molecule has 0 N–H and O–H groups in total. The van der Waals surface area contributed by atoms with Crippen molar-refractivity contribution in [1.29, 1.82) is 0 Å². The van der Waals surface area contributed by atoms with Gasteiger partial charge in [-0.3, -0.25) is 4.57 Å². The topological polar surface area (TPSA) is 52.2 Å². The minimum atomic E-state index is -0.190. The summed E-state index contributed by atoms with van der Waals surface area (Å²) in [6.07, 6.45) is 0. The zero-order chi connectivity index (χ0) is 20.0. The van der Waals surface area contributed by atoms with Crippen LogP contribution in [-0.4, -0.2) is 19.2 Å². The molecule has 29 heavy (non-hydrogen) atoms. The smallest absolute Gasteiger partial charge is 0.287 e. The minimum absolute atomic E-state index is 0.190. The fraction of sp³-hybridized carbons (Fsp3) is 0.125. The van der Waals surface area contributed by atoms with E-state index in [1.165, 1.54) is 15.6 Å². The number of hydrogen-bond donors (Lipinski definition) is 0. The molecule has 0 aliphatic carbocycles. The molecule has 0 amide bonds. The van der Waals surface area contributed by atoms with Crippen LogP contribution in [0.2, 0.25) is 0 Å². The van der Waals surface area contributed by atoms with Crippen molar-refractivity contribution >= 4 is 16.6 Å². The highest BCUT2D eigenvalue weighted by Gasteiger charge is 2.16. The van der Waals surface area contributed by atoms with Crippen molar-refractivity contribution in [3.05, 3.63) is 100.0 Å². The zero-order valence-corrected chi connectivity index (χ0v) is 16.3. The van der Waals surface area contributed by atoms with Gasteiger partial charge in [0, 0.05) is 10.9 Å². The number of nitrogens with zero attached hydrogens (tertiary/aromatic N) is 4. The monoisotopic (exact) mass is 380 g/mol. The summed E-state index contributed by atoms with van der Waals surface area (Å²) in [5.74, 6) is 0.556. The Morgan fingerprint density at radius 2 is 1.48 bits per heavy atom. The van der Waals surface area contributed by atoms with Gasteiger partial charge in [-0.2, -0.15) is 4.52 Å². The maximum absolute atomic E-state index is 13.3. The third-order valence-electron chi connectivity index (χ3n) is 5.23. The van der Waals surface area contributed by atoms with Gasteiger partial charge in [0.2, 0.25) is 0 Å². The number of rotatable bonds is 3. The Bertz CT molecular complexity index is 1390. The number of para-hydroxylation sites is 1. The van der Waals surface area contributed by atoms with Gasteiger partial charge in [-0.15, -0.1) is 5.10 Å². The van der Waals surface area contributed by atoms with Gasteiger partial charge in [-0.25, -0.2) is 9.78 Å². The van der Waals surface area contributed by atoms with E-state index in [2.05, 4.69) is 36.3 Å². The average molecular weight is 380 g/mol. The van der Waals surface area contributed by atoms with Crippen LogP contribution in [0.5, 0.6) is 0 Å². The van der Waals surface area contributed by atoms with Crippen LogP contribution in [-0.2, 0) is 6.54 Å². The van der Waals surface area contributed by atoms with Crippen molar-refractivity contribution in [1.82, 2.24) is 19.2 Å². The second kappa shape index (κ2) is 6.71. The molecule has 0 unspecified atom stereocenters. The number of fused-ring (bicyclic) bond motifs is 3. The molecule has 5 rings (SSSR count). The largest absolute Gasteiger partial charge is 0.351 e. The van der Waals surface area contributed by atoms with Gasteiger partial charge in [0.25, 0.3) is 0 Å². The van der Waals surface area contributed by atoms with E-state index in [1.54, 1.807) is 4.57 Å². The molecule has 0 spiro atoms. The minimum Gasteiger partial charge on any atom is -0.287 e. The molecule has 0 fully saturated rings. The van der Waals surface area contributed by atoms with E-state index in [0.717, 1.165) is 22.0 Å². The van der Waals surface area contributed by atoms with Gasteiger partial charge in [0.1, 0.15) is 0 Å². The van der Waals surface area contributed by atoms with Crippen molar-refractivity contribution in [3.8, 4) is 11.4 Å². The Labute approximate surface area is 167 Å². The Balaban J connectivity index is 1.74. The van der Waals surface area contributed by atoms with E-state index >= 15 is 0 Å². The Morgan fingerprint density at radius 1 is 0.828 bits per heavy atom. The third kappa shape index (κ3) is 3.01. The molecule has 3 aromatic carbocycles. The lowest BCUT2D eigenvalue weighted by Crippen LogP contribution is -2.28. The first-order valence-electron chi connectivity index (χ1n) is 9.61. The molecule has 142 valence electrons. The first kappa shape index (κ1) is 17.4. The van der Waals surface area contributed by atoms with E-state index in [-0.39, 0.29) is 5.69 Å². The fourth-order valence-corrected chi connectivity index (χ4v) is 3.59. The molecule has 5 heteroatoms. The zero-order valence-electron chi connectivity index (χ0n) is 16.3. The van der Waals surface area contributed by atoms with Crippen molar-refractivity contribution in [2.45, 2.75) is 20.4 Å². The van der Waals surface area contributed by atoms with Gasteiger partial charge in [-0.05, 0) is 31.5 Å². The first-order chi connectivity index (χ1) is 14.1. The summed E-state index contributed by atoms with van der Waals surface area (Å²) < 4.78 is 3.19. The molecular weight excluding hydrogens is 360 g/mol. The van der Waals surface area contributed by atoms with Crippen molar-refractivity contribution < 1.29 is 0 Å². The molecule has 2 aromatic heterocycles. The van der Waals surface area contributed by atoms with Gasteiger partial charge in [0.15, 0.2) is 11.5 Å². The van der Waals surface area contributed by atoms with Gasteiger partial charge in [0.05, 0.1) is 12.1 Å². The quantitative estimate of drug-likeness (QED) is 0.467. The van der Waals surface area contributed by atoms with E-state index in [4.69, 9.17) is 4.98 Å². The van der Waals surface area contributed by atoms with E-state index < -0.39 is 0 Å². The Hall–Kier alpha value is -3.73. The number of aryl methyl sites for hydroxylation is 2. The summed E-state index contributed by atoms with van der Waals surface area (Å²) in [6, 6.07) is 24.1. The van der Waals surface area contributed by atoms with Crippen LogP contribution >= 0.6 is 0 Å². The molecule has 2 heterocycles. The molecular formula is C24H20N4O. The summed E-state index contributed by atoms with van der Waals surface area (Å²) >= 11 is 0. The SMILES string of the molecule is Cc1ccc(Cn2c(=O)n3nc(-c4ccc(C)cc4)nc3c3ccccc32)cc1. The van der Waals surface area contributed by atoms with Crippen LogP contribution in [0.15, 0.2) is 77.6 Å². The molecule has 5 aromatic rings. The van der Waals surface area contributed by atoms with Crippen molar-refractivity contribution in [2.75, 3.05) is 0 Å². The summed E-state index contributed by atoms with van der Waals surface area (Å²) in [7, 11) is 0. The average Bonchev–Trinajstić information content (AvgIpc) is 3.19. The second-order valence-corrected chi connectivity index (χ2v) is 7.41.